The van der Waals surface area contributed by atoms with Gasteiger partial charge in [0.2, 0.25) is 0 Å². The first-order chi connectivity index (χ1) is 8.67. The van der Waals surface area contributed by atoms with Gasteiger partial charge in [0.05, 0.1) is 0 Å². The minimum Gasteiger partial charge on any atom is -0.399 e. The number of nitrogens with one attached hydrogen (secondary N) is 1. The summed E-state index contributed by atoms with van der Waals surface area (Å²) in [6.45, 7) is 4.71. The number of hydrogen-bond acceptors (Lipinski definition) is 4. The Balaban J connectivity index is 2.08. The summed E-state index contributed by atoms with van der Waals surface area (Å²) in [4.78, 5) is 8.72. The molecule has 0 bridgehead atoms. The number of hydrogen-bond donors (Lipinski definition) is 2. The Kier molecular flexibility index (Phi) is 3.77. The summed E-state index contributed by atoms with van der Waals surface area (Å²) in [6.07, 6.45) is 0.913. The number of aryl methyl sites for hydroxylation is 2. The summed E-state index contributed by atoms with van der Waals surface area (Å²) in [5.41, 5.74) is 8.72. The molecule has 2 rings (SSSR count). The summed E-state index contributed by atoms with van der Waals surface area (Å²) >= 11 is 0. The summed E-state index contributed by atoms with van der Waals surface area (Å²) < 4.78 is 0. The number of anilines is 2. The SMILES string of the molecule is CCc1cc(NCc2cccc(N)c2)nc(C)n1. The van der Waals surface area contributed by atoms with Crippen molar-refractivity contribution in [1.29, 1.82) is 0 Å². The lowest BCUT2D eigenvalue weighted by molar-refractivity contribution is 0.941. The zero-order valence-corrected chi connectivity index (χ0v) is 10.8. The van der Waals surface area contributed by atoms with Crippen LogP contribution in [0.4, 0.5) is 11.5 Å². The molecule has 0 aliphatic heterocycles. The molecule has 0 spiro atoms. The fourth-order valence-electron chi connectivity index (χ4n) is 1.80. The monoisotopic (exact) mass is 242 g/mol. The molecule has 1 heterocycles. The van der Waals surface area contributed by atoms with E-state index in [1.54, 1.807) is 0 Å². The van der Waals surface area contributed by atoms with E-state index in [9.17, 15) is 0 Å². The Bertz CT molecular complexity index is 537. The van der Waals surface area contributed by atoms with Crippen molar-refractivity contribution in [3.05, 3.63) is 47.4 Å². The maximum absolute atomic E-state index is 5.74. The van der Waals surface area contributed by atoms with E-state index >= 15 is 0 Å². The van der Waals surface area contributed by atoms with Gasteiger partial charge in [0.25, 0.3) is 0 Å². The summed E-state index contributed by atoms with van der Waals surface area (Å²) in [5, 5.41) is 3.30. The van der Waals surface area contributed by atoms with Crippen LogP contribution in [-0.2, 0) is 13.0 Å². The fourth-order valence-corrected chi connectivity index (χ4v) is 1.80. The van der Waals surface area contributed by atoms with Crippen LogP contribution in [0.25, 0.3) is 0 Å². The third kappa shape index (κ3) is 3.20. The minimum atomic E-state index is 0.713. The van der Waals surface area contributed by atoms with Gasteiger partial charge in [-0.15, -0.1) is 0 Å². The Hall–Kier alpha value is -2.10. The van der Waals surface area contributed by atoms with Crippen LogP contribution in [0.2, 0.25) is 0 Å². The molecule has 0 fully saturated rings. The smallest absolute Gasteiger partial charge is 0.130 e. The van der Waals surface area contributed by atoms with Crippen molar-refractivity contribution in [2.75, 3.05) is 11.1 Å². The Morgan fingerprint density at radius 1 is 1.22 bits per heavy atom. The van der Waals surface area contributed by atoms with Crippen LogP contribution in [0.5, 0.6) is 0 Å². The number of nitrogen functional groups attached to an aromatic ring is 1. The number of nitrogens with zero attached hydrogens (tertiary/aromatic N) is 2. The summed E-state index contributed by atoms with van der Waals surface area (Å²) in [5.74, 6) is 1.66. The van der Waals surface area contributed by atoms with Crippen molar-refractivity contribution in [2.24, 2.45) is 0 Å². The molecule has 0 saturated heterocycles. The molecule has 4 nitrogen and oxygen atoms in total. The quantitative estimate of drug-likeness (QED) is 0.809. The van der Waals surface area contributed by atoms with E-state index in [2.05, 4.69) is 22.2 Å². The molecule has 0 amide bonds. The van der Waals surface area contributed by atoms with Crippen LogP contribution in [0, 0.1) is 6.92 Å². The number of benzene rings is 1. The van der Waals surface area contributed by atoms with E-state index in [1.165, 1.54) is 0 Å². The highest BCUT2D eigenvalue weighted by Crippen LogP contribution is 2.11. The summed E-state index contributed by atoms with van der Waals surface area (Å²) in [6, 6.07) is 9.82. The van der Waals surface area contributed by atoms with Gasteiger partial charge < -0.3 is 11.1 Å². The van der Waals surface area contributed by atoms with E-state index in [-0.39, 0.29) is 0 Å². The van der Waals surface area contributed by atoms with Crippen LogP contribution < -0.4 is 11.1 Å². The largest absolute Gasteiger partial charge is 0.399 e. The molecular weight excluding hydrogens is 224 g/mol. The van der Waals surface area contributed by atoms with E-state index in [0.29, 0.717) is 6.54 Å². The van der Waals surface area contributed by atoms with Crippen LogP contribution in [-0.4, -0.2) is 9.97 Å². The highest BCUT2D eigenvalue weighted by atomic mass is 15.0. The number of rotatable bonds is 4. The van der Waals surface area contributed by atoms with Crippen molar-refractivity contribution in [3.8, 4) is 0 Å². The molecule has 0 aliphatic rings. The van der Waals surface area contributed by atoms with Gasteiger partial charge in [-0.3, -0.25) is 0 Å². The van der Waals surface area contributed by atoms with E-state index < -0.39 is 0 Å². The standard InChI is InChI=1S/C14H18N4/c1-3-13-8-14(18-10(2)17-13)16-9-11-5-4-6-12(15)7-11/h4-8H,3,9,15H2,1-2H3,(H,16,17,18). The predicted molar refractivity (Wildman–Crippen MR) is 74.3 cm³/mol. The molecule has 4 heteroatoms. The van der Waals surface area contributed by atoms with Crippen molar-refractivity contribution in [1.82, 2.24) is 9.97 Å². The third-order valence-electron chi connectivity index (χ3n) is 2.68. The molecule has 18 heavy (non-hydrogen) atoms. The van der Waals surface area contributed by atoms with E-state index in [0.717, 1.165) is 35.0 Å². The van der Waals surface area contributed by atoms with Gasteiger partial charge in [-0.05, 0) is 31.0 Å². The minimum absolute atomic E-state index is 0.713. The van der Waals surface area contributed by atoms with Crippen LogP contribution in [0.3, 0.4) is 0 Å². The molecule has 3 N–H and O–H groups in total. The highest BCUT2D eigenvalue weighted by Gasteiger charge is 2.00. The third-order valence-corrected chi connectivity index (χ3v) is 2.68. The topological polar surface area (TPSA) is 63.8 Å². The lowest BCUT2D eigenvalue weighted by atomic mass is 10.2. The second-order valence-electron chi connectivity index (χ2n) is 4.24. The molecule has 0 aliphatic carbocycles. The molecule has 94 valence electrons. The second-order valence-corrected chi connectivity index (χ2v) is 4.24. The van der Waals surface area contributed by atoms with Crippen molar-refractivity contribution >= 4 is 11.5 Å². The average Bonchev–Trinajstić information content (AvgIpc) is 2.36. The van der Waals surface area contributed by atoms with Gasteiger partial charge in [0, 0.05) is 24.0 Å². The molecular formula is C14H18N4. The maximum Gasteiger partial charge on any atom is 0.130 e. The molecule has 0 saturated carbocycles. The lowest BCUT2D eigenvalue weighted by Crippen LogP contribution is -2.05. The van der Waals surface area contributed by atoms with Crippen molar-refractivity contribution in [3.63, 3.8) is 0 Å². The second kappa shape index (κ2) is 5.49. The average molecular weight is 242 g/mol. The van der Waals surface area contributed by atoms with Gasteiger partial charge in [-0.2, -0.15) is 0 Å². The van der Waals surface area contributed by atoms with Gasteiger partial charge in [-0.1, -0.05) is 19.1 Å². The Morgan fingerprint density at radius 2 is 2.06 bits per heavy atom. The van der Waals surface area contributed by atoms with Gasteiger partial charge in [0.15, 0.2) is 0 Å². The van der Waals surface area contributed by atoms with Gasteiger partial charge >= 0.3 is 0 Å². The zero-order valence-electron chi connectivity index (χ0n) is 10.8. The highest BCUT2D eigenvalue weighted by molar-refractivity contribution is 5.43. The first-order valence-electron chi connectivity index (χ1n) is 6.10. The first-order valence-corrected chi connectivity index (χ1v) is 6.10. The molecule has 0 unspecified atom stereocenters. The molecule has 2 aromatic rings. The molecule has 1 aromatic carbocycles. The first kappa shape index (κ1) is 12.4. The Morgan fingerprint density at radius 3 is 2.78 bits per heavy atom. The lowest BCUT2D eigenvalue weighted by Gasteiger charge is -2.08. The van der Waals surface area contributed by atoms with Crippen molar-refractivity contribution < 1.29 is 0 Å². The molecule has 1 aromatic heterocycles. The van der Waals surface area contributed by atoms with Gasteiger partial charge in [0.1, 0.15) is 11.6 Å². The van der Waals surface area contributed by atoms with E-state index in [4.69, 9.17) is 5.73 Å². The summed E-state index contributed by atoms with van der Waals surface area (Å²) in [7, 11) is 0. The Labute approximate surface area is 107 Å². The molecule has 0 atom stereocenters. The number of aromatic nitrogens is 2. The maximum atomic E-state index is 5.74. The van der Waals surface area contributed by atoms with Crippen molar-refractivity contribution in [2.45, 2.75) is 26.8 Å². The fraction of sp³-hybridized carbons (Fsp3) is 0.286. The van der Waals surface area contributed by atoms with Crippen LogP contribution in [0.1, 0.15) is 24.0 Å². The van der Waals surface area contributed by atoms with E-state index in [1.807, 2.05) is 37.3 Å². The normalized spacial score (nSPS) is 10.3. The number of nitrogens with two attached hydrogens (primary N) is 1. The predicted octanol–water partition coefficient (Wildman–Crippen LogP) is 2.54. The van der Waals surface area contributed by atoms with Gasteiger partial charge in [-0.25, -0.2) is 9.97 Å². The van der Waals surface area contributed by atoms with Crippen LogP contribution in [0.15, 0.2) is 30.3 Å². The van der Waals surface area contributed by atoms with Crippen LogP contribution >= 0.6 is 0 Å². The molecule has 0 radical (unpaired) electrons. The zero-order chi connectivity index (χ0) is 13.0.